The van der Waals surface area contributed by atoms with Crippen molar-refractivity contribution >= 4 is 17.5 Å². The fourth-order valence-corrected chi connectivity index (χ4v) is 2.79. The van der Waals surface area contributed by atoms with Crippen molar-refractivity contribution in [1.82, 2.24) is 4.90 Å². The minimum Gasteiger partial charge on any atom is -0.312 e. The predicted octanol–water partition coefficient (Wildman–Crippen LogP) is 3.58. The maximum Gasteiger partial charge on any atom is 0.241 e. The summed E-state index contributed by atoms with van der Waals surface area (Å²) in [5.41, 5.74) is 1.34. The molecule has 1 unspecified atom stereocenters. The molecule has 0 aromatic heterocycles. The summed E-state index contributed by atoms with van der Waals surface area (Å²) in [5, 5.41) is 0. The van der Waals surface area contributed by atoms with E-state index in [-0.39, 0.29) is 17.2 Å². The van der Waals surface area contributed by atoms with Crippen LogP contribution in [0.3, 0.4) is 0 Å². The molecule has 96 valence electrons. The van der Waals surface area contributed by atoms with E-state index in [4.69, 9.17) is 11.6 Å². The fourth-order valence-electron chi connectivity index (χ4n) is 2.65. The molecular weight excluding hydrogens is 234 g/mol. The van der Waals surface area contributed by atoms with E-state index in [1.165, 1.54) is 0 Å². The average molecular weight is 256 g/mol. The van der Waals surface area contributed by atoms with E-state index in [1.54, 1.807) is 11.0 Å². The molecule has 17 heavy (non-hydrogen) atoms. The van der Waals surface area contributed by atoms with Crippen molar-refractivity contribution in [3.63, 3.8) is 0 Å². The molecule has 0 N–H and O–H groups in total. The Morgan fingerprint density at radius 3 is 2.82 bits per heavy atom. The van der Waals surface area contributed by atoms with Crippen LogP contribution in [0.2, 0.25) is 0 Å². The predicted molar refractivity (Wildman–Crippen MR) is 72.9 cm³/mol. The summed E-state index contributed by atoms with van der Waals surface area (Å²) in [6.07, 6.45) is 6.03. The maximum absolute atomic E-state index is 11.8. The van der Waals surface area contributed by atoms with Gasteiger partial charge < -0.3 is 4.90 Å². The van der Waals surface area contributed by atoms with Gasteiger partial charge in [0, 0.05) is 12.2 Å². The Kier molecular flexibility index (Phi) is 4.81. The molecular formula is C14H22ClNO. The third-order valence-electron chi connectivity index (χ3n) is 3.08. The summed E-state index contributed by atoms with van der Waals surface area (Å²) in [6, 6.07) is 0. The van der Waals surface area contributed by atoms with Crippen LogP contribution in [-0.2, 0) is 4.79 Å². The highest BCUT2D eigenvalue weighted by atomic mass is 35.5. The van der Waals surface area contributed by atoms with E-state index in [1.807, 2.05) is 0 Å². The summed E-state index contributed by atoms with van der Waals surface area (Å²) >= 11 is 5.66. The number of hydrogen-bond acceptors (Lipinski definition) is 1. The number of allylic oxidation sites excluding steroid dienone is 2. The first kappa shape index (κ1) is 14.3. The van der Waals surface area contributed by atoms with Crippen LogP contribution < -0.4 is 0 Å². The average Bonchev–Trinajstić information content (AvgIpc) is 2.22. The van der Waals surface area contributed by atoms with Crippen molar-refractivity contribution in [2.45, 2.75) is 33.6 Å². The van der Waals surface area contributed by atoms with Crippen molar-refractivity contribution < 1.29 is 4.79 Å². The molecule has 0 saturated carbocycles. The molecule has 3 heteroatoms. The SMILES string of the molecule is C=CCN(C(=O)CCl)C1=CC(C)CC(C)(C)C1. The zero-order valence-electron chi connectivity index (χ0n) is 11.0. The second kappa shape index (κ2) is 5.72. The Morgan fingerprint density at radius 1 is 1.71 bits per heavy atom. The van der Waals surface area contributed by atoms with Gasteiger partial charge in [0.2, 0.25) is 5.91 Å². The molecule has 1 aliphatic rings. The number of rotatable bonds is 4. The minimum absolute atomic E-state index is 0.0278. The molecule has 0 spiro atoms. The molecule has 0 aromatic carbocycles. The zero-order valence-corrected chi connectivity index (χ0v) is 11.8. The lowest BCUT2D eigenvalue weighted by Gasteiger charge is -2.37. The Bertz CT molecular complexity index is 333. The number of nitrogens with zero attached hydrogens (tertiary/aromatic N) is 1. The number of halogens is 1. The molecule has 1 atom stereocenters. The minimum atomic E-state index is -0.0392. The highest BCUT2D eigenvalue weighted by Crippen LogP contribution is 2.39. The first-order valence-electron chi connectivity index (χ1n) is 6.07. The number of carbonyl (C=O) groups excluding carboxylic acids is 1. The summed E-state index contributed by atoms with van der Waals surface area (Å²) in [5.74, 6) is 0.492. The van der Waals surface area contributed by atoms with Crippen molar-refractivity contribution in [2.75, 3.05) is 12.4 Å². The van der Waals surface area contributed by atoms with Gasteiger partial charge in [-0.1, -0.05) is 32.9 Å². The Labute approximate surface area is 109 Å². The number of hydrogen-bond donors (Lipinski definition) is 0. The van der Waals surface area contributed by atoms with Gasteiger partial charge in [-0.15, -0.1) is 18.2 Å². The van der Waals surface area contributed by atoms with Crippen molar-refractivity contribution in [2.24, 2.45) is 11.3 Å². The second-order valence-corrected chi connectivity index (χ2v) is 5.87. The number of alkyl halides is 1. The number of carbonyl (C=O) groups is 1. The largest absolute Gasteiger partial charge is 0.312 e. The quantitative estimate of drug-likeness (QED) is 0.555. The zero-order chi connectivity index (χ0) is 13.1. The lowest BCUT2D eigenvalue weighted by molar-refractivity contribution is -0.126. The van der Waals surface area contributed by atoms with E-state index >= 15 is 0 Å². The molecule has 1 aliphatic carbocycles. The van der Waals surface area contributed by atoms with E-state index in [2.05, 4.69) is 33.4 Å². The van der Waals surface area contributed by atoms with Gasteiger partial charge >= 0.3 is 0 Å². The van der Waals surface area contributed by atoms with Gasteiger partial charge in [0.15, 0.2) is 0 Å². The molecule has 0 bridgehead atoms. The van der Waals surface area contributed by atoms with Crippen LogP contribution >= 0.6 is 11.6 Å². The molecule has 0 heterocycles. The van der Waals surface area contributed by atoms with Gasteiger partial charge in [-0.3, -0.25) is 4.79 Å². The Morgan fingerprint density at radius 2 is 2.35 bits per heavy atom. The second-order valence-electron chi connectivity index (χ2n) is 5.61. The summed E-state index contributed by atoms with van der Waals surface area (Å²) in [6.45, 7) is 10.9. The van der Waals surface area contributed by atoms with Gasteiger partial charge in [-0.05, 0) is 24.2 Å². The molecule has 1 amide bonds. The smallest absolute Gasteiger partial charge is 0.241 e. The molecule has 0 fully saturated rings. The molecule has 2 nitrogen and oxygen atoms in total. The highest BCUT2D eigenvalue weighted by Gasteiger charge is 2.30. The molecule has 0 aromatic rings. The van der Waals surface area contributed by atoms with Crippen LogP contribution in [0.1, 0.15) is 33.6 Å². The van der Waals surface area contributed by atoms with E-state index in [9.17, 15) is 4.79 Å². The maximum atomic E-state index is 11.8. The fraction of sp³-hybridized carbons (Fsp3) is 0.643. The van der Waals surface area contributed by atoms with Crippen LogP contribution in [0.15, 0.2) is 24.4 Å². The van der Waals surface area contributed by atoms with Crippen molar-refractivity contribution in [3.8, 4) is 0 Å². The summed E-state index contributed by atoms with van der Waals surface area (Å²) < 4.78 is 0. The van der Waals surface area contributed by atoms with Crippen LogP contribution in [0, 0.1) is 11.3 Å². The summed E-state index contributed by atoms with van der Waals surface area (Å²) in [7, 11) is 0. The Balaban J connectivity index is 2.93. The van der Waals surface area contributed by atoms with Crippen LogP contribution in [0.5, 0.6) is 0 Å². The molecule has 0 aliphatic heterocycles. The molecule has 0 radical (unpaired) electrons. The lowest BCUT2D eigenvalue weighted by Crippen LogP contribution is -2.36. The van der Waals surface area contributed by atoms with Crippen molar-refractivity contribution in [1.29, 1.82) is 0 Å². The van der Waals surface area contributed by atoms with Gasteiger partial charge in [-0.2, -0.15) is 0 Å². The summed E-state index contributed by atoms with van der Waals surface area (Å²) in [4.78, 5) is 13.6. The van der Waals surface area contributed by atoms with Crippen molar-refractivity contribution in [3.05, 3.63) is 24.4 Å². The van der Waals surface area contributed by atoms with E-state index in [0.29, 0.717) is 12.5 Å². The van der Waals surface area contributed by atoms with E-state index < -0.39 is 0 Å². The van der Waals surface area contributed by atoms with Crippen LogP contribution in [0.25, 0.3) is 0 Å². The third-order valence-corrected chi connectivity index (χ3v) is 3.31. The Hall–Kier alpha value is -0.760. The first-order chi connectivity index (χ1) is 7.89. The van der Waals surface area contributed by atoms with Crippen LogP contribution in [0.4, 0.5) is 0 Å². The highest BCUT2D eigenvalue weighted by molar-refractivity contribution is 6.27. The third kappa shape index (κ3) is 3.88. The van der Waals surface area contributed by atoms with Gasteiger partial charge in [-0.25, -0.2) is 0 Å². The van der Waals surface area contributed by atoms with Gasteiger partial charge in [0.05, 0.1) is 0 Å². The normalized spacial score (nSPS) is 22.8. The first-order valence-corrected chi connectivity index (χ1v) is 6.61. The monoisotopic (exact) mass is 255 g/mol. The van der Waals surface area contributed by atoms with Gasteiger partial charge in [0.25, 0.3) is 0 Å². The lowest BCUT2D eigenvalue weighted by atomic mass is 9.75. The van der Waals surface area contributed by atoms with Crippen LogP contribution in [-0.4, -0.2) is 23.2 Å². The number of amides is 1. The van der Waals surface area contributed by atoms with E-state index in [0.717, 1.165) is 18.5 Å². The standard InChI is InChI=1S/C14H22ClNO/c1-5-6-16(13(17)10-15)12-7-11(2)8-14(3,4)9-12/h5,7,11H,1,6,8-10H2,2-4H3. The topological polar surface area (TPSA) is 20.3 Å². The van der Waals surface area contributed by atoms with Gasteiger partial charge in [0.1, 0.15) is 5.88 Å². The molecule has 0 saturated heterocycles. The molecule has 1 rings (SSSR count).